The number of carbonyl (C=O) groups is 3. The molecule has 26 heavy (non-hydrogen) atoms. The average molecular weight is 361 g/mol. The smallest absolute Gasteiger partial charge is 0.323 e. The molecular formula is C17H23N5O4. The van der Waals surface area contributed by atoms with E-state index in [-0.39, 0.29) is 30.6 Å². The van der Waals surface area contributed by atoms with Gasteiger partial charge in [0, 0.05) is 37.3 Å². The summed E-state index contributed by atoms with van der Waals surface area (Å²) >= 11 is 0. The Balaban J connectivity index is 1.82. The second-order valence-corrected chi connectivity index (χ2v) is 6.15. The number of aliphatic carboxylic acids is 1. The van der Waals surface area contributed by atoms with E-state index >= 15 is 0 Å². The maximum absolute atomic E-state index is 12.2. The molecule has 1 aliphatic heterocycles. The van der Waals surface area contributed by atoms with E-state index in [1.165, 1.54) is 4.90 Å². The first-order chi connectivity index (χ1) is 12.3. The van der Waals surface area contributed by atoms with Crippen molar-refractivity contribution < 1.29 is 19.5 Å². The summed E-state index contributed by atoms with van der Waals surface area (Å²) in [5.41, 5.74) is 6.57. The molecule has 2 amide bonds. The van der Waals surface area contributed by atoms with E-state index in [9.17, 15) is 14.4 Å². The molecule has 1 fully saturated rings. The van der Waals surface area contributed by atoms with Crippen molar-refractivity contribution in [3.05, 3.63) is 29.8 Å². The number of carboxylic acids is 1. The molecule has 1 aromatic carbocycles. The Morgan fingerprint density at radius 1 is 1.31 bits per heavy atom. The van der Waals surface area contributed by atoms with Crippen LogP contribution in [0.3, 0.4) is 0 Å². The maximum atomic E-state index is 12.2. The molecule has 0 aromatic heterocycles. The Kier molecular flexibility index (Phi) is 6.29. The van der Waals surface area contributed by atoms with Crippen molar-refractivity contribution in [3.63, 3.8) is 0 Å². The lowest BCUT2D eigenvalue weighted by molar-refractivity contribution is -0.149. The number of rotatable bonds is 7. The van der Waals surface area contributed by atoms with Gasteiger partial charge < -0.3 is 21.1 Å². The number of nitrogens with zero attached hydrogens (tertiary/aromatic N) is 2. The summed E-state index contributed by atoms with van der Waals surface area (Å²) in [5, 5.41) is 18.9. The highest BCUT2D eigenvalue weighted by atomic mass is 16.4. The van der Waals surface area contributed by atoms with E-state index < -0.39 is 12.0 Å². The second kappa shape index (κ2) is 8.43. The summed E-state index contributed by atoms with van der Waals surface area (Å²) in [6.07, 6.45) is 0.213. The number of carbonyl (C=O) groups excluding carboxylic acids is 2. The van der Waals surface area contributed by atoms with Gasteiger partial charge in [-0.15, -0.1) is 0 Å². The van der Waals surface area contributed by atoms with Crippen LogP contribution in [-0.4, -0.2) is 70.7 Å². The van der Waals surface area contributed by atoms with Crippen molar-refractivity contribution >= 4 is 29.3 Å². The van der Waals surface area contributed by atoms with Crippen LogP contribution in [0.5, 0.6) is 0 Å². The molecule has 140 valence electrons. The lowest BCUT2D eigenvalue weighted by atomic mass is 10.1. The van der Waals surface area contributed by atoms with Gasteiger partial charge >= 0.3 is 5.97 Å². The minimum atomic E-state index is -1.03. The van der Waals surface area contributed by atoms with Crippen LogP contribution in [0, 0.1) is 5.41 Å². The van der Waals surface area contributed by atoms with Gasteiger partial charge in [-0.05, 0) is 31.2 Å². The SMILES string of the molecule is CC1C(=O)N(CC(=O)O)CCN1CCC(=O)Nc1ccc(C(=N)N)cc1. The molecule has 9 nitrogen and oxygen atoms in total. The number of nitrogens with one attached hydrogen (secondary N) is 2. The number of hydrogen-bond acceptors (Lipinski definition) is 5. The first-order valence-corrected chi connectivity index (χ1v) is 8.27. The molecule has 2 rings (SSSR count). The fourth-order valence-corrected chi connectivity index (χ4v) is 2.80. The monoisotopic (exact) mass is 361 g/mol. The van der Waals surface area contributed by atoms with Crippen LogP contribution in [0.2, 0.25) is 0 Å². The van der Waals surface area contributed by atoms with E-state index in [2.05, 4.69) is 5.32 Å². The summed E-state index contributed by atoms with van der Waals surface area (Å²) in [5.74, 6) is -1.50. The molecule has 9 heteroatoms. The van der Waals surface area contributed by atoms with Gasteiger partial charge in [0.15, 0.2) is 0 Å². The predicted molar refractivity (Wildman–Crippen MR) is 96.0 cm³/mol. The normalized spacial score (nSPS) is 17.8. The highest BCUT2D eigenvalue weighted by Gasteiger charge is 2.32. The average Bonchev–Trinajstić information content (AvgIpc) is 2.58. The number of amidine groups is 1. The highest BCUT2D eigenvalue weighted by molar-refractivity contribution is 5.96. The zero-order valence-electron chi connectivity index (χ0n) is 14.6. The van der Waals surface area contributed by atoms with Gasteiger partial charge in [0.2, 0.25) is 11.8 Å². The number of piperazine rings is 1. The zero-order valence-corrected chi connectivity index (χ0v) is 14.6. The summed E-state index contributed by atoms with van der Waals surface area (Å²) in [6.45, 7) is 2.69. The Morgan fingerprint density at radius 2 is 1.96 bits per heavy atom. The Labute approximate surface area is 151 Å². The highest BCUT2D eigenvalue weighted by Crippen LogP contribution is 2.13. The summed E-state index contributed by atoms with van der Waals surface area (Å²) < 4.78 is 0. The molecule has 1 aliphatic rings. The molecule has 1 saturated heterocycles. The quantitative estimate of drug-likeness (QED) is 0.395. The van der Waals surface area contributed by atoms with Gasteiger partial charge in [0.1, 0.15) is 12.4 Å². The molecule has 1 heterocycles. The van der Waals surface area contributed by atoms with Crippen molar-refractivity contribution in [1.82, 2.24) is 9.80 Å². The molecular weight excluding hydrogens is 338 g/mol. The van der Waals surface area contributed by atoms with Crippen LogP contribution >= 0.6 is 0 Å². The number of amides is 2. The molecule has 0 aliphatic carbocycles. The lowest BCUT2D eigenvalue weighted by Gasteiger charge is -2.38. The van der Waals surface area contributed by atoms with E-state index in [1.54, 1.807) is 31.2 Å². The molecule has 0 saturated carbocycles. The number of nitrogen functional groups attached to an aromatic ring is 1. The van der Waals surface area contributed by atoms with Gasteiger partial charge in [0.05, 0.1) is 6.04 Å². The van der Waals surface area contributed by atoms with Crippen molar-refractivity contribution in [2.24, 2.45) is 5.73 Å². The molecule has 5 N–H and O–H groups in total. The molecule has 1 aromatic rings. The van der Waals surface area contributed by atoms with Crippen molar-refractivity contribution in [3.8, 4) is 0 Å². The summed E-state index contributed by atoms with van der Waals surface area (Å²) in [4.78, 5) is 38.2. The standard InChI is InChI=1S/C17H23N5O4/c1-11-17(26)22(10-15(24)25)9-8-21(11)7-6-14(23)20-13-4-2-12(3-5-13)16(18)19/h2-5,11H,6-10H2,1H3,(H3,18,19)(H,20,23)(H,24,25). The Hall–Kier alpha value is -2.94. The van der Waals surface area contributed by atoms with Crippen molar-refractivity contribution in [1.29, 1.82) is 5.41 Å². The summed E-state index contributed by atoms with van der Waals surface area (Å²) in [6, 6.07) is 6.20. The largest absolute Gasteiger partial charge is 0.480 e. The van der Waals surface area contributed by atoms with Gasteiger partial charge in [-0.25, -0.2) is 0 Å². The lowest BCUT2D eigenvalue weighted by Crippen LogP contribution is -2.57. The van der Waals surface area contributed by atoms with Crippen LogP contribution in [0.1, 0.15) is 18.9 Å². The number of carboxylic acid groups (broad SMARTS) is 1. The van der Waals surface area contributed by atoms with Crippen molar-refractivity contribution in [2.45, 2.75) is 19.4 Å². The topological polar surface area (TPSA) is 140 Å². The maximum Gasteiger partial charge on any atom is 0.323 e. The molecule has 1 atom stereocenters. The van der Waals surface area contributed by atoms with Crippen LogP contribution in [-0.2, 0) is 14.4 Å². The number of hydrogen-bond donors (Lipinski definition) is 4. The first-order valence-electron chi connectivity index (χ1n) is 8.27. The summed E-state index contributed by atoms with van der Waals surface area (Å²) in [7, 11) is 0. The molecule has 0 spiro atoms. The third kappa shape index (κ3) is 5.03. The van der Waals surface area contributed by atoms with E-state index in [0.29, 0.717) is 30.9 Å². The van der Waals surface area contributed by atoms with Gasteiger partial charge in [-0.2, -0.15) is 0 Å². The predicted octanol–water partition coefficient (Wildman–Crippen LogP) is -0.0834. The number of anilines is 1. The molecule has 0 bridgehead atoms. The van der Waals surface area contributed by atoms with Crippen LogP contribution in [0.15, 0.2) is 24.3 Å². The van der Waals surface area contributed by atoms with E-state index in [0.717, 1.165) is 0 Å². The molecule has 0 radical (unpaired) electrons. The third-order valence-corrected chi connectivity index (χ3v) is 4.31. The van der Waals surface area contributed by atoms with Crippen LogP contribution < -0.4 is 11.1 Å². The van der Waals surface area contributed by atoms with Gasteiger partial charge in [-0.3, -0.25) is 24.7 Å². The van der Waals surface area contributed by atoms with Crippen LogP contribution in [0.4, 0.5) is 5.69 Å². The second-order valence-electron chi connectivity index (χ2n) is 6.15. The zero-order chi connectivity index (χ0) is 19.3. The fraction of sp³-hybridized carbons (Fsp3) is 0.412. The van der Waals surface area contributed by atoms with E-state index in [4.69, 9.17) is 16.2 Å². The van der Waals surface area contributed by atoms with Crippen LogP contribution in [0.25, 0.3) is 0 Å². The third-order valence-electron chi connectivity index (χ3n) is 4.31. The number of nitrogens with two attached hydrogens (primary N) is 1. The van der Waals surface area contributed by atoms with Crippen molar-refractivity contribution in [2.75, 3.05) is 31.5 Å². The first kappa shape index (κ1) is 19.4. The van der Waals surface area contributed by atoms with Gasteiger partial charge in [0.25, 0.3) is 0 Å². The minimum absolute atomic E-state index is 0.0384. The number of benzene rings is 1. The Bertz CT molecular complexity index is 704. The minimum Gasteiger partial charge on any atom is -0.480 e. The van der Waals surface area contributed by atoms with E-state index in [1.807, 2.05) is 4.90 Å². The fourth-order valence-electron chi connectivity index (χ4n) is 2.80. The van der Waals surface area contributed by atoms with Gasteiger partial charge in [-0.1, -0.05) is 0 Å². The Morgan fingerprint density at radius 3 is 2.54 bits per heavy atom. The molecule has 1 unspecified atom stereocenters.